The molecule has 1 aromatic carbocycles. The van der Waals surface area contributed by atoms with Crippen LogP contribution in [0.5, 0.6) is 0 Å². The summed E-state index contributed by atoms with van der Waals surface area (Å²) in [6, 6.07) is 5.87. The molecule has 0 radical (unpaired) electrons. The first-order valence-electron chi connectivity index (χ1n) is 5.37. The van der Waals surface area contributed by atoms with Crippen LogP contribution in [0.15, 0.2) is 35.2 Å². The van der Waals surface area contributed by atoms with Gasteiger partial charge in [0.25, 0.3) is 0 Å². The van der Waals surface area contributed by atoms with Gasteiger partial charge in [-0.1, -0.05) is 27.5 Å². The lowest BCUT2D eigenvalue weighted by atomic mass is 10.2. The average molecular weight is 315 g/mol. The van der Waals surface area contributed by atoms with Crippen molar-refractivity contribution in [2.24, 2.45) is 0 Å². The summed E-state index contributed by atoms with van der Waals surface area (Å²) >= 11 is 9.53. The first kappa shape index (κ1) is 12.6. The summed E-state index contributed by atoms with van der Waals surface area (Å²) in [6.07, 6.45) is 4.47. The standard InChI is InChI=1S/C12H13BrClN3/c13-10-1-2-12(14)9(5-10)6-15-4-3-11-7-16-8-17-11/h1-2,5,7-8,15H,3-4,6H2,(H,16,17). The number of rotatable bonds is 5. The van der Waals surface area contributed by atoms with Crippen molar-refractivity contribution in [2.75, 3.05) is 6.54 Å². The summed E-state index contributed by atoms with van der Waals surface area (Å²) in [5.41, 5.74) is 2.24. The van der Waals surface area contributed by atoms with E-state index in [1.54, 1.807) is 6.33 Å². The lowest BCUT2D eigenvalue weighted by Crippen LogP contribution is -2.17. The smallest absolute Gasteiger partial charge is 0.0921 e. The number of benzene rings is 1. The first-order chi connectivity index (χ1) is 8.25. The number of H-pyrrole nitrogens is 1. The van der Waals surface area contributed by atoms with E-state index in [0.717, 1.165) is 40.3 Å². The molecule has 3 nitrogen and oxygen atoms in total. The molecule has 0 saturated carbocycles. The number of nitrogens with one attached hydrogen (secondary N) is 2. The van der Waals surface area contributed by atoms with Crippen molar-refractivity contribution < 1.29 is 0 Å². The minimum absolute atomic E-state index is 0.770. The Morgan fingerprint density at radius 2 is 2.29 bits per heavy atom. The van der Waals surface area contributed by atoms with Crippen LogP contribution < -0.4 is 5.32 Å². The Morgan fingerprint density at radius 3 is 3.06 bits per heavy atom. The molecular formula is C12H13BrClN3. The van der Waals surface area contributed by atoms with Crippen molar-refractivity contribution in [2.45, 2.75) is 13.0 Å². The van der Waals surface area contributed by atoms with Gasteiger partial charge >= 0.3 is 0 Å². The van der Waals surface area contributed by atoms with E-state index in [1.165, 1.54) is 0 Å². The zero-order valence-corrected chi connectivity index (χ0v) is 11.6. The minimum atomic E-state index is 0.770. The second-order valence-electron chi connectivity index (χ2n) is 3.74. The Kier molecular flexibility index (Phi) is 4.59. The van der Waals surface area contributed by atoms with Crippen LogP contribution in [-0.2, 0) is 13.0 Å². The quantitative estimate of drug-likeness (QED) is 0.832. The van der Waals surface area contributed by atoms with E-state index in [1.807, 2.05) is 24.4 Å². The highest BCUT2D eigenvalue weighted by Crippen LogP contribution is 2.20. The molecule has 5 heteroatoms. The molecule has 2 N–H and O–H groups in total. The van der Waals surface area contributed by atoms with E-state index >= 15 is 0 Å². The van der Waals surface area contributed by atoms with Crippen molar-refractivity contribution >= 4 is 27.5 Å². The molecule has 0 atom stereocenters. The fourth-order valence-electron chi connectivity index (χ4n) is 1.55. The van der Waals surface area contributed by atoms with Crippen LogP contribution >= 0.6 is 27.5 Å². The first-order valence-corrected chi connectivity index (χ1v) is 6.54. The third-order valence-electron chi connectivity index (χ3n) is 2.45. The lowest BCUT2D eigenvalue weighted by molar-refractivity contribution is 0.681. The molecule has 0 saturated heterocycles. The Balaban J connectivity index is 1.80. The molecule has 0 spiro atoms. The van der Waals surface area contributed by atoms with Gasteiger partial charge in [-0.25, -0.2) is 4.98 Å². The van der Waals surface area contributed by atoms with E-state index in [0.29, 0.717) is 0 Å². The zero-order chi connectivity index (χ0) is 12.1. The molecule has 0 amide bonds. The summed E-state index contributed by atoms with van der Waals surface area (Å²) in [5, 5.41) is 4.15. The summed E-state index contributed by atoms with van der Waals surface area (Å²) < 4.78 is 1.05. The molecule has 0 unspecified atom stereocenters. The molecule has 1 aromatic heterocycles. The fourth-order valence-corrected chi connectivity index (χ4v) is 2.14. The molecule has 1 heterocycles. The number of hydrogen-bond acceptors (Lipinski definition) is 2. The summed E-state index contributed by atoms with van der Waals surface area (Å²) in [5.74, 6) is 0. The number of aromatic amines is 1. The Hall–Kier alpha value is -0.840. The maximum atomic E-state index is 6.10. The molecule has 0 aliphatic rings. The summed E-state index contributed by atoms with van der Waals surface area (Å²) in [7, 11) is 0. The van der Waals surface area contributed by atoms with Gasteiger partial charge in [0.2, 0.25) is 0 Å². The maximum Gasteiger partial charge on any atom is 0.0921 e. The highest BCUT2D eigenvalue weighted by atomic mass is 79.9. The number of halogens is 2. The largest absolute Gasteiger partial charge is 0.348 e. The Bertz CT molecular complexity index is 471. The van der Waals surface area contributed by atoms with Crippen LogP contribution in [0.3, 0.4) is 0 Å². The summed E-state index contributed by atoms with van der Waals surface area (Å²) in [6.45, 7) is 1.66. The Labute approximate surface area is 114 Å². The van der Waals surface area contributed by atoms with Crippen LogP contribution in [0.2, 0.25) is 5.02 Å². The van der Waals surface area contributed by atoms with Crippen molar-refractivity contribution in [3.63, 3.8) is 0 Å². The van der Waals surface area contributed by atoms with Crippen molar-refractivity contribution in [1.29, 1.82) is 0 Å². The molecule has 0 aliphatic heterocycles. The minimum Gasteiger partial charge on any atom is -0.348 e. The van der Waals surface area contributed by atoms with Crippen molar-refractivity contribution in [3.8, 4) is 0 Å². The van der Waals surface area contributed by atoms with Crippen LogP contribution in [-0.4, -0.2) is 16.5 Å². The predicted molar refractivity (Wildman–Crippen MR) is 73.2 cm³/mol. The molecule has 17 heavy (non-hydrogen) atoms. The van der Waals surface area contributed by atoms with Gasteiger partial charge in [0.15, 0.2) is 0 Å². The normalized spacial score (nSPS) is 10.7. The monoisotopic (exact) mass is 313 g/mol. The van der Waals surface area contributed by atoms with Gasteiger partial charge in [-0.3, -0.25) is 0 Å². The fraction of sp³-hybridized carbons (Fsp3) is 0.250. The van der Waals surface area contributed by atoms with Gasteiger partial charge < -0.3 is 10.3 Å². The lowest BCUT2D eigenvalue weighted by Gasteiger charge is -2.06. The van der Waals surface area contributed by atoms with Gasteiger partial charge in [-0.2, -0.15) is 0 Å². The molecule has 0 aliphatic carbocycles. The average Bonchev–Trinajstić information content (AvgIpc) is 2.82. The molecule has 0 bridgehead atoms. The zero-order valence-electron chi connectivity index (χ0n) is 9.21. The van der Waals surface area contributed by atoms with Crippen molar-refractivity contribution in [3.05, 3.63) is 51.5 Å². The Morgan fingerprint density at radius 1 is 1.41 bits per heavy atom. The number of nitrogens with zero attached hydrogens (tertiary/aromatic N) is 1. The van der Waals surface area contributed by atoms with E-state index in [4.69, 9.17) is 11.6 Å². The third-order valence-corrected chi connectivity index (χ3v) is 3.31. The molecule has 2 rings (SSSR count). The van der Waals surface area contributed by atoms with E-state index in [-0.39, 0.29) is 0 Å². The SMILES string of the molecule is Clc1ccc(Br)cc1CNCCc1cnc[nH]1. The highest BCUT2D eigenvalue weighted by molar-refractivity contribution is 9.10. The number of imidazole rings is 1. The van der Waals surface area contributed by atoms with E-state index in [9.17, 15) is 0 Å². The maximum absolute atomic E-state index is 6.10. The molecule has 90 valence electrons. The number of hydrogen-bond donors (Lipinski definition) is 2. The van der Waals surface area contributed by atoms with Crippen LogP contribution in [0, 0.1) is 0 Å². The number of aromatic nitrogens is 2. The van der Waals surface area contributed by atoms with Crippen LogP contribution in [0.1, 0.15) is 11.3 Å². The van der Waals surface area contributed by atoms with Gasteiger partial charge in [-0.15, -0.1) is 0 Å². The molecule has 2 aromatic rings. The summed E-state index contributed by atoms with van der Waals surface area (Å²) in [4.78, 5) is 7.05. The van der Waals surface area contributed by atoms with Crippen LogP contribution in [0.25, 0.3) is 0 Å². The second-order valence-corrected chi connectivity index (χ2v) is 5.06. The molecule has 0 fully saturated rings. The van der Waals surface area contributed by atoms with Gasteiger partial charge in [0, 0.05) is 40.9 Å². The molecular weight excluding hydrogens is 302 g/mol. The van der Waals surface area contributed by atoms with Gasteiger partial charge in [0.05, 0.1) is 6.33 Å². The van der Waals surface area contributed by atoms with Gasteiger partial charge in [-0.05, 0) is 23.8 Å². The predicted octanol–water partition coefficient (Wildman–Crippen LogP) is 3.16. The third kappa shape index (κ3) is 3.84. The van der Waals surface area contributed by atoms with Crippen molar-refractivity contribution in [1.82, 2.24) is 15.3 Å². The topological polar surface area (TPSA) is 40.7 Å². The second kappa shape index (κ2) is 6.19. The van der Waals surface area contributed by atoms with E-state index < -0.39 is 0 Å². The van der Waals surface area contributed by atoms with Gasteiger partial charge in [0.1, 0.15) is 0 Å². The van der Waals surface area contributed by atoms with Crippen LogP contribution in [0.4, 0.5) is 0 Å². The highest BCUT2D eigenvalue weighted by Gasteiger charge is 2.01. The van der Waals surface area contributed by atoms with E-state index in [2.05, 4.69) is 31.2 Å².